The standard InChI is InChI=1S/C18H22ClNO5/c1-4-24-14-6-5-7-15(17(14)19)25-12-9-16(21)20(10-12)13(18(22)23)8-11(2)3/h5-7,9,11,13H,4,8,10H2,1-3H3,(H,22,23). The van der Waals surface area contributed by atoms with Crippen molar-refractivity contribution in [2.24, 2.45) is 5.92 Å². The Balaban J connectivity index is 2.13. The van der Waals surface area contributed by atoms with Crippen LogP contribution < -0.4 is 9.47 Å². The first-order valence-corrected chi connectivity index (χ1v) is 8.54. The molecule has 1 unspecified atom stereocenters. The van der Waals surface area contributed by atoms with E-state index in [1.807, 2.05) is 20.8 Å². The van der Waals surface area contributed by atoms with Crippen LogP contribution >= 0.6 is 11.6 Å². The average molecular weight is 368 g/mol. The van der Waals surface area contributed by atoms with Crippen LogP contribution in [0.15, 0.2) is 30.0 Å². The van der Waals surface area contributed by atoms with E-state index in [0.717, 1.165) is 0 Å². The molecule has 0 saturated carbocycles. The number of nitrogens with zero attached hydrogens (tertiary/aromatic N) is 1. The van der Waals surface area contributed by atoms with Crippen molar-refractivity contribution in [3.05, 3.63) is 35.1 Å². The zero-order valence-corrected chi connectivity index (χ0v) is 15.2. The number of amides is 1. The number of benzene rings is 1. The lowest BCUT2D eigenvalue weighted by atomic mass is 10.0. The van der Waals surface area contributed by atoms with Gasteiger partial charge >= 0.3 is 5.97 Å². The molecule has 1 aliphatic heterocycles. The molecule has 1 aromatic carbocycles. The minimum absolute atomic E-state index is 0.0950. The van der Waals surface area contributed by atoms with Gasteiger partial charge in [-0.15, -0.1) is 0 Å². The molecule has 7 heteroatoms. The molecule has 1 aliphatic rings. The Kier molecular flexibility index (Phi) is 6.31. The highest BCUT2D eigenvalue weighted by Crippen LogP contribution is 2.35. The first-order valence-electron chi connectivity index (χ1n) is 8.16. The molecule has 1 aromatic rings. The molecule has 0 aromatic heterocycles. The zero-order valence-electron chi connectivity index (χ0n) is 14.5. The summed E-state index contributed by atoms with van der Waals surface area (Å²) >= 11 is 6.25. The molecule has 0 aliphatic carbocycles. The average Bonchev–Trinajstić information content (AvgIpc) is 2.89. The van der Waals surface area contributed by atoms with E-state index in [9.17, 15) is 14.7 Å². The van der Waals surface area contributed by atoms with Crippen molar-refractivity contribution >= 4 is 23.5 Å². The molecule has 1 heterocycles. The van der Waals surface area contributed by atoms with Crippen LogP contribution in [-0.4, -0.2) is 41.1 Å². The number of ether oxygens (including phenoxy) is 2. The molecule has 1 N–H and O–H groups in total. The van der Waals surface area contributed by atoms with E-state index in [2.05, 4.69) is 0 Å². The Morgan fingerprint density at radius 2 is 2.04 bits per heavy atom. The molecule has 0 bridgehead atoms. The number of carboxylic acid groups (broad SMARTS) is 1. The van der Waals surface area contributed by atoms with Gasteiger partial charge in [0.25, 0.3) is 5.91 Å². The van der Waals surface area contributed by atoms with Gasteiger partial charge in [0.1, 0.15) is 28.3 Å². The summed E-state index contributed by atoms with van der Waals surface area (Å²) in [6.07, 6.45) is 1.68. The fraction of sp³-hybridized carbons (Fsp3) is 0.444. The monoisotopic (exact) mass is 367 g/mol. The van der Waals surface area contributed by atoms with E-state index >= 15 is 0 Å². The van der Waals surface area contributed by atoms with Crippen molar-refractivity contribution in [3.8, 4) is 11.5 Å². The van der Waals surface area contributed by atoms with Crippen LogP contribution in [-0.2, 0) is 9.59 Å². The van der Waals surface area contributed by atoms with E-state index in [1.54, 1.807) is 18.2 Å². The van der Waals surface area contributed by atoms with Crippen molar-refractivity contribution in [1.82, 2.24) is 4.90 Å². The molecule has 136 valence electrons. The summed E-state index contributed by atoms with van der Waals surface area (Å²) in [7, 11) is 0. The van der Waals surface area contributed by atoms with E-state index in [0.29, 0.717) is 35.3 Å². The van der Waals surface area contributed by atoms with E-state index in [1.165, 1.54) is 11.0 Å². The smallest absolute Gasteiger partial charge is 0.326 e. The van der Waals surface area contributed by atoms with E-state index in [-0.39, 0.29) is 18.4 Å². The molecule has 1 atom stereocenters. The van der Waals surface area contributed by atoms with Gasteiger partial charge in [-0.25, -0.2) is 4.79 Å². The highest BCUT2D eigenvalue weighted by atomic mass is 35.5. The summed E-state index contributed by atoms with van der Waals surface area (Å²) in [5.41, 5.74) is 0. The van der Waals surface area contributed by atoms with Crippen molar-refractivity contribution in [2.45, 2.75) is 33.2 Å². The lowest BCUT2D eigenvalue weighted by Gasteiger charge is -2.25. The van der Waals surface area contributed by atoms with Crippen molar-refractivity contribution in [2.75, 3.05) is 13.2 Å². The maximum atomic E-state index is 12.2. The Bertz CT molecular complexity index is 686. The number of rotatable bonds is 8. The van der Waals surface area contributed by atoms with Gasteiger partial charge in [-0.3, -0.25) is 4.79 Å². The fourth-order valence-corrected chi connectivity index (χ4v) is 2.84. The minimum Gasteiger partial charge on any atom is -0.492 e. The van der Waals surface area contributed by atoms with Crippen LogP contribution in [0.3, 0.4) is 0 Å². The maximum absolute atomic E-state index is 12.2. The minimum atomic E-state index is -1.02. The maximum Gasteiger partial charge on any atom is 0.326 e. The summed E-state index contributed by atoms with van der Waals surface area (Å²) < 4.78 is 11.1. The van der Waals surface area contributed by atoms with Gasteiger partial charge in [-0.1, -0.05) is 31.5 Å². The van der Waals surface area contributed by atoms with Crippen LogP contribution in [0.5, 0.6) is 11.5 Å². The summed E-state index contributed by atoms with van der Waals surface area (Å²) in [5, 5.41) is 9.73. The van der Waals surface area contributed by atoms with Crippen molar-refractivity contribution < 1.29 is 24.2 Å². The predicted molar refractivity (Wildman–Crippen MR) is 93.9 cm³/mol. The Labute approximate surface area is 152 Å². The fourth-order valence-electron chi connectivity index (χ4n) is 2.62. The van der Waals surface area contributed by atoms with Gasteiger partial charge in [0.05, 0.1) is 13.2 Å². The van der Waals surface area contributed by atoms with Crippen LogP contribution in [0.4, 0.5) is 0 Å². The lowest BCUT2D eigenvalue weighted by Crippen LogP contribution is -2.43. The second-order valence-electron chi connectivity index (χ2n) is 6.16. The SMILES string of the molecule is CCOc1cccc(OC2=CC(=O)N(C(CC(C)C)C(=O)O)C2)c1Cl. The summed E-state index contributed by atoms with van der Waals surface area (Å²) in [5.74, 6) is -0.0316. The number of halogens is 1. The van der Waals surface area contributed by atoms with E-state index < -0.39 is 12.0 Å². The quantitative estimate of drug-likeness (QED) is 0.762. The number of hydrogen-bond donors (Lipinski definition) is 1. The van der Waals surface area contributed by atoms with Crippen LogP contribution in [0.1, 0.15) is 27.2 Å². The zero-order chi connectivity index (χ0) is 18.6. The molecular formula is C18H22ClNO5. The summed E-state index contributed by atoms with van der Waals surface area (Å²) in [4.78, 5) is 25.0. The summed E-state index contributed by atoms with van der Waals surface area (Å²) in [6, 6.07) is 4.25. The molecule has 0 spiro atoms. The normalized spacial score (nSPS) is 15.3. The number of carbonyl (C=O) groups is 2. The molecule has 0 radical (unpaired) electrons. The number of carboxylic acids is 1. The number of carbonyl (C=O) groups excluding carboxylic acids is 1. The molecular weight excluding hydrogens is 346 g/mol. The Morgan fingerprint density at radius 1 is 1.36 bits per heavy atom. The molecule has 0 saturated heterocycles. The van der Waals surface area contributed by atoms with Crippen LogP contribution in [0.25, 0.3) is 0 Å². The topological polar surface area (TPSA) is 76.1 Å². The molecule has 0 fully saturated rings. The third kappa shape index (κ3) is 4.66. The van der Waals surface area contributed by atoms with Gasteiger partial charge in [0.2, 0.25) is 0 Å². The molecule has 1 amide bonds. The van der Waals surface area contributed by atoms with Crippen LogP contribution in [0, 0.1) is 5.92 Å². The molecule has 2 rings (SSSR count). The Morgan fingerprint density at radius 3 is 2.64 bits per heavy atom. The first kappa shape index (κ1) is 19.1. The highest BCUT2D eigenvalue weighted by Gasteiger charge is 2.34. The number of hydrogen-bond acceptors (Lipinski definition) is 4. The Hall–Kier alpha value is -2.21. The van der Waals surface area contributed by atoms with E-state index in [4.69, 9.17) is 21.1 Å². The van der Waals surface area contributed by atoms with Gasteiger partial charge in [0, 0.05) is 6.08 Å². The molecule has 6 nitrogen and oxygen atoms in total. The second-order valence-corrected chi connectivity index (χ2v) is 6.54. The second kappa shape index (κ2) is 8.25. The third-order valence-corrected chi connectivity index (χ3v) is 4.09. The van der Waals surface area contributed by atoms with Crippen LogP contribution in [0.2, 0.25) is 5.02 Å². The van der Waals surface area contributed by atoms with Gasteiger partial charge < -0.3 is 19.5 Å². The highest BCUT2D eigenvalue weighted by molar-refractivity contribution is 6.33. The van der Waals surface area contributed by atoms with Gasteiger partial charge in [-0.2, -0.15) is 0 Å². The van der Waals surface area contributed by atoms with Crippen molar-refractivity contribution in [3.63, 3.8) is 0 Å². The van der Waals surface area contributed by atoms with Gasteiger partial charge in [-0.05, 0) is 31.4 Å². The summed E-state index contributed by atoms with van der Waals surface area (Å²) in [6.45, 7) is 6.24. The largest absolute Gasteiger partial charge is 0.492 e. The predicted octanol–water partition coefficient (Wildman–Crippen LogP) is 3.34. The first-order chi connectivity index (χ1) is 11.8. The lowest BCUT2D eigenvalue weighted by molar-refractivity contribution is -0.148. The third-order valence-electron chi connectivity index (χ3n) is 3.72. The molecule has 25 heavy (non-hydrogen) atoms. The van der Waals surface area contributed by atoms with Crippen molar-refractivity contribution in [1.29, 1.82) is 0 Å². The number of aliphatic carboxylic acids is 1. The van der Waals surface area contributed by atoms with Gasteiger partial charge in [0.15, 0.2) is 0 Å².